The Morgan fingerprint density at radius 1 is 1.05 bits per heavy atom. The molecule has 3 nitrogen and oxygen atoms in total. The predicted octanol–water partition coefficient (Wildman–Crippen LogP) is 4.06. The number of benzene rings is 1. The second kappa shape index (κ2) is 6.04. The maximum Gasteiger partial charge on any atom is 0.162 e. The van der Waals surface area contributed by atoms with Crippen LogP contribution in [0.1, 0.15) is 36.2 Å². The third-order valence-corrected chi connectivity index (χ3v) is 3.56. The van der Waals surface area contributed by atoms with Gasteiger partial charge in [0.1, 0.15) is 5.82 Å². The van der Waals surface area contributed by atoms with Crippen molar-refractivity contribution in [1.82, 2.24) is 9.97 Å². The van der Waals surface area contributed by atoms with Crippen molar-refractivity contribution < 1.29 is 0 Å². The minimum Gasteiger partial charge on any atom is -0.370 e. The van der Waals surface area contributed by atoms with E-state index in [0.29, 0.717) is 0 Å². The number of aryl methyl sites for hydroxylation is 3. The van der Waals surface area contributed by atoms with Crippen LogP contribution in [0.4, 0.5) is 5.82 Å². The van der Waals surface area contributed by atoms with Crippen LogP contribution in [0.3, 0.4) is 0 Å². The highest BCUT2D eigenvalue weighted by Crippen LogP contribution is 2.25. The van der Waals surface area contributed by atoms with Gasteiger partial charge in [-0.3, -0.25) is 0 Å². The van der Waals surface area contributed by atoms with Crippen molar-refractivity contribution in [3.63, 3.8) is 0 Å². The fourth-order valence-electron chi connectivity index (χ4n) is 2.34. The summed E-state index contributed by atoms with van der Waals surface area (Å²) in [6.07, 6.45) is 0.921. The molecule has 0 spiro atoms. The zero-order valence-corrected chi connectivity index (χ0v) is 13.0. The molecule has 0 saturated heterocycles. The average Bonchev–Trinajstić information content (AvgIpc) is 2.44. The van der Waals surface area contributed by atoms with Gasteiger partial charge in [0.15, 0.2) is 5.82 Å². The molecule has 2 rings (SSSR count). The van der Waals surface area contributed by atoms with E-state index in [1.807, 2.05) is 0 Å². The van der Waals surface area contributed by atoms with Crippen molar-refractivity contribution in [2.75, 3.05) is 11.9 Å². The highest BCUT2D eigenvalue weighted by Gasteiger charge is 2.12. The van der Waals surface area contributed by atoms with Crippen LogP contribution in [0, 0.1) is 20.8 Å². The van der Waals surface area contributed by atoms with Gasteiger partial charge in [-0.1, -0.05) is 24.6 Å². The summed E-state index contributed by atoms with van der Waals surface area (Å²) in [5, 5.41) is 3.34. The first kappa shape index (κ1) is 14.5. The van der Waals surface area contributed by atoms with Crippen LogP contribution >= 0.6 is 0 Å². The SMILES string of the molecule is CCNc1nc(-c2cc(C)ccc2C)nc(CC)c1C. The molecule has 20 heavy (non-hydrogen) atoms. The Balaban J connectivity index is 2.61. The fraction of sp³-hybridized carbons (Fsp3) is 0.412. The third kappa shape index (κ3) is 2.82. The molecule has 0 aliphatic carbocycles. The Hall–Kier alpha value is -1.90. The lowest BCUT2D eigenvalue weighted by atomic mass is 10.0. The maximum absolute atomic E-state index is 4.75. The normalized spacial score (nSPS) is 10.7. The van der Waals surface area contributed by atoms with Gasteiger partial charge in [0.25, 0.3) is 0 Å². The Kier molecular flexibility index (Phi) is 4.38. The molecule has 0 bridgehead atoms. The molecule has 0 aliphatic heterocycles. The Labute approximate surface area is 121 Å². The summed E-state index contributed by atoms with van der Waals surface area (Å²) in [5.74, 6) is 1.78. The molecule has 2 aromatic rings. The highest BCUT2D eigenvalue weighted by atomic mass is 15.0. The lowest BCUT2D eigenvalue weighted by Crippen LogP contribution is -2.08. The second-order valence-corrected chi connectivity index (χ2v) is 5.17. The van der Waals surface area contributed by atoms with E-state index in [-0.39, 0.29) is 0 Å². The first-order valence-electron chi connectivity index (χ1n) is 7.25. The smallest absolute Gasteiger partial charge is 0.162 e. The van der Waals surface area contributed by atoms with Crippen LogP contribution < -0.4 is 5.32 Å². The van der Waals surface area contributed by atoms with E-state index in [4.69, 9.17) is 9.97 Å². The molecule has 0 saturated carbocycles. The second-order valence-electron chi connectivity index (χ2n) is 5.17. The molecule has 0 radical (unpaired) electrons. The Morgan fingerprint density at radius 3 is 2.45 bits per heavy atom. The Morgan fingerprint density at radius 2 is 1.80 bits per heavy atom. The lowest BCUT2D eigenvalue weighted by molar-refractivity contribution is 0.969. The van der Waals surface area contributed by atoms with Crippen LogP contribution in [-0.2, 0) is 6.42 Å². The molecule has 1 heterocycles. The third-order valence-electron chi connectivity index (χ3n) is 3.56. The summed E-state index contributed by atoms with van der Waals surface area (Å²) in [5.41, 5.74) is 5.84. The summed E-state index contributed by atoms with van der Waals surface area (Å²) in [4.78, 5) is 9.48. The summed E-state index contributed by atoms with van der Waals surface area (Å²) in [6.45, 7) is 11.4. The summed E-state index contributed by atoms with van der Waals surface area (Å²) in [7, 11) is 0. The topological polar surface area (TPSA) is 37.8 Å². The van der Waals surface area contributed by atoms with E-state index in [9.17, 15) is 0 Å². The zero-order chi connectivity index (χ0) is 14.7. The Bertz CT molecular complexity index is 618. The van der Waals surface area contributed by atoms with E-state index >= 15 is 0 Å². The summed E-state index contributed by atoms with van der Waals surface area (Å²) < 4.78 is 0. The van der Waals surface area contributed by atoms with Gasteiger partial charge in [-0.05, 0) is 45.7 Å². The molecule has 106 valence electrons. The molecular weight excluding hydrogens is 246 g/mol. The lowest BCUT2D eigenvalue weighted by Gasteiger charge is -2.14. The van der Waals surface area contributed by atoms with Gasteiger partial charge in [-0.2, -0.15) is 0 Å². The number of aromatic nitrogens is 2. The molecule has 0 atom stereocenters. The van der Waals surface area contributed by atoms with Gasteiger partial charge in [0, 0.05) is 23.4 Å². The number of rotatable bonds is 4. The monoisotopic (exact) mass is 269 g/mol. The highest BCUT2D eigenvalue weighted by molar-refractivity contribution is 5.64. The van der Waals surface area contributed by atoms with E-state index in [2.05, 4.69) is 58.1 Å². The van der Waals surface area contributed by atoms with E-state index < -0.39 is 0 Å². The predicted molar refractivity (Wildman–Crippen MR) is 85.2 cm³/mol. The molecule has 0 unspecified atom stereocenters. The molecule has 1 aromatic carbocycles. The number of nitrogens with zero attached hydrogens (tertiary/aromatic N) is 2. The number of hydrogen-bond acceptors (Lipinski definition) is 3. The molecule has 0 amide bonds. The number of nitrogens with one attached hydrogen (secondary N) is 1. The van der Waals surface area contributed by atoms with E-state index in [1.165, 1.54) is 11.1 Å². The minimum atomic E-state index is 0.824. The number of hydrogen-bond donors (Lipinski definition) is 1. The van der Waals surface area contributed by atoms with Gasteiger partial charge in [-0.15, -0.1) is 0 Å². The van der Waals surface area contributed by atoms with Gasteiger partial charge in [0.2, 0.25) is 0 Å². The van der Waals surface area contributed by atoms with Crippen molar-refractivity contribution in [1.29, 1.82) is 0 Å². The van der Waals surface area contributed by atoms with E-state index in [0.717, 1.165) is 41.4 Å². The molecule has 1 aromatic heterocycles. The van der Waals surface area contributed by atoms with Gasteiger partial charge >= 0.3 is 0 Å². The van der Waals surface area contributed by atoms with Crippen LogP contribution in [0.25, 0.3) is 11.4 Å². The van der Waals surface area contributed by atoms with Crippen LogP contribution in [-0.4, -0.2) is 16.5 Å². The standard InChI is InChI=1S/C17H23N3/c1-6-15-13(5)16(18-7-2)20-17(19-15)14-10-11(3)8-9-12(14)4/h8-10H,6-7H2,1-5H3,(H,18,19,20). The van der Waals surface area contributed by atoms with Crippen LogP contribution in [0.15, 0.2) is 18.2 Å². The number of anilines is 1. The van der Waals surface area contributed by atoms with E-state index in [1.54, 1.807) is 0 Å². The maximum atomic E-state index is 4.75. The quantitative estimate of drug-likeness (QED) is 0.909. The first-order chi connectivity index (χ1) is 9.56. The van der Waals surface area contributed by atoms with Crippen molar-refractivity contribution in [3.05, 3.63) is 40.6 Å². The molecule has 3 heteroatoms. The molecule has 0 fully saturated rings. The molecule has 1 N–H and O–H groups in total. The first-order valence-corrected chi connectivity index (χ1v) is 7.25. The average molecular weight is 269 g/mol. The zero-order valence-electron chi connectivity index (χ0n) is 13.0. The van der Waals surface area contributed by atoms with Crippen LogP contribution in [0.2, 0.25) is 0 Å². The van der Waals surface area contributed by atoms with Crippen LogP contribution in [0.5, 0.6) is 0 Å². The van der Waals surface area contributed by atoms with Gasteiger partial charge < -0.3 is 5.32 Å². The van der Waals surface area contributed by atoms with Gasteiger partial charge in [-0.25, -0.2) is 9.97 Å². The van der Waals surface area contributed by atoms with Crippen molar-refractivity contribution >= 4 is 5.82 Å². The molecular formula is C17H23N3. The van der Waals surface area contributed by atoms with Gasteiger partial charge in [0.05, 0.1) is 0 Å². The fourth-order valence-corrected chi connectivity index (χ4v) is 2.34. The van der Waals surface area contributed by atoms with Crippen molar-refractivity contribution in [3.8, 4) is 11.4 Å². The molecule has 0 aliphatic rings. The summed E-state index contributed by atoms with van der Waals surface area (Å²) in [6, 6.07) is 6.42. The minimum absolute atomic E-state index is 0.824. The van der Waals surface area contributed by atoms with Crippen molar-refractivity contribution in [2.24, 2.45) is 0 Å². The largest absolute Gasteiger partial charge is 0.370 e. The summed E-state index contributed by atoms with van der Waals surface area (Å²) >= 11 is 0. The van der Waals surface area contributed by atoms with Crippen molar-refractivity contribution in [2.45, 2.75) is 41.0 Å².